The predicted molar refractivity (Wildman–Crippen MR) is 113 cm³/mol. The summed E-state index contributed by atoms with van der Waals surface area (Å²) in [4.78, 5) is 17.3. The quantitative estimate of drug-likeness (QED) is 0.670. The molecule has 1 saturated heterocycles. The minimum Gasteiger partial charge on any atom is -0.460 e. The highest BCUT2D eigenvalue weighted by Gasteiger charge is 2.25. The predicted octanol–water partition coefficient (Wildman–Crippen LogP) is 3.46. The van der Waals surface area contributed by atoms with Crippen LogP contribution < -0.4 is 0 Å². The summed E-state index contributed by atoms with van der Waals surface area (Å²) in [5, 5.41) is 4.45. The Morgan fingerprint density at radius 3 is 2.55 bits per heavy atom. The lowest BCUT2D eigenvalue weighted by molar-refractivity contribution is 0.0639. The molecule has 0 saturated carbocycles. The van der Waals surface area contributed by atoms with Crippen LogP contribution in [0, 0.1) is 6.92 Å². The van der Waals surface area contributed by atoms with E-state index in [0.717, 1.165) is 38.5 Å². The van der Waals surface area contributed by atoms with Crippen molar-refractivity contribution in [2.45, 2.75) is 6.92 Å². The summed E-state index contributed by atoms with van der Waals surface area (Å²) in [5.41, 5.74) is 2.49. The number of hydrogen-bond acceptors (Lipinski definition) is 4. The van der Waals surface area contributed by atoms with Gasteiger partial charge in [-0.25, -0.2) is 0 Å². The summed E-state index contributed by atoms with van der Waals surface area (Å²) in [6, 6.07) is 15.9. The van der Waals surface area contributed by atoms with E-state index < -0.39 is 0 Å². The molecule has 0 unspecified atom stereocenters. The van der Waals surface area contributed by atoms with Crippen LogP contribution in [-0.2, 0) is 7.05 Å². The summed E-state index contributed by atoms with van der Waals surface area (Å²) in [7, 11) is 1.80. The van der Waals surface area contributed by atoms with Crippen molar-refractivity contribution in [3.8, 4) is 11.5 Å². The number of amides is 1. The minimum absolute atomic E-state index is 0.0222. The molecule has 1 fully saturated rings. The van der Waals surface area contributed by atoms with Gasteiger partial charge in [-0.1, -0.05) is 42.5 Å². The molecule has 4 rings (SSSR count). The second-order valence-corrected chi connectivity index (χ2v) is 7.35. The molecular formula is C23H26N4O2. The van der Waals surface area contributed by atoms with Gasteiger partial charge in [-0.3, -0.25) is 14.4 Å². The second kappa shape index (κ2) is 8.49. The molecule has 0 atom stereocenters. The third kappa shape index (κ3) is 4.49. The van der Waals surface area contributed by atoms with Crippen molar-refractivity contribution in [3.05, 3.63) is 71.6 Å². The van der Waals surface area contributed by atoms with Crippen LogP contribution in [0.2, 0.25) is 0 Å². The van der Waals surface area contributed by atoms with Gasteiger partial charge in [0.1, 0.15) is 17.1 Å². The molecule has 3 aromatic rings. The zero-order valence-corrected chi connectivity index (χ0v) is 16.9. The summed E-state index contributed by atoms with van der Waals surface area (Å²) in [6.45, 7) is 5.97. The first kappa shape index (κ1) is 19.2. The van der Waals surface area contributed by atoms with E-state index >= 15 is 0 Å². The highest BCUT2D eigenvalue weighted by atomic mass is 16.3. The van der Waals surface area contributed by atoms with Crippen molar-refractivity contribution < 1.29 is 9.21 Å². The third-order valence-electron chi connectivity index (χ3n) is 5.22. The maximum atomic E-state index is 13.0. The molecule has 0 N–H and O–H groups in total. The standard InChI is InChI=1S/C23H26N4O2/c1-18-10-11-22(29-18)20-17-21(25(2)24-20)23(28)27-15-13-26(14-16-27)12-6-9-19-7-4-3-5-8-19/h3-11,17H,12-16H2,1-2H3/b9-6+. The van der Waals surface area contributed by atoms with Crippen LogP contribution in [0.15, 0.2) is 59.0 Å². The zero-order valence-electron chi connectivity index (χ0n) is 16.9. The molecule has 1 aliphatic heterocycles. The number of carbonyl (C=O) groups excluding carboxylic acids is 1. The normalized spacial score (nSPS) is 15.3. The van der Waals surface area contributed by atoms with Gasteiger partial charge in [0.15, 0.2) is 5.76 Å². The second-order valence-electron chi connectivity index (χ2n) is 7.35. The van der Waals surface area contributed by atoms with Crippen LogP contribution in [0.25, 0.3) is 17.5 Å². The highest BCUT2D eigenvalue weighted by molar-refractivity contribution is 5.93. The van der Waals surface area contributed by atoms with Gasteiger partial charge < -0.3 is 9.32 Å². The molecule has 1 aromatic carbocycles. The summed E-state index contributed by atoms with van der Waals surface area (Å²) < 4.78 is 7.28. The average molecular weight is 390 g/mol. The molecule has 6 nitrogen and oxygen atoms in total. The van der Waals surface area contributed by atoms with E-state index in [1.165, 1.54) is 5.56 Å². The van der Waals surface area contributed by atoms with E-state index in [4.69, 9.17) is 4.42 Å². The van der Waals surface area contributed by atoms with Crippen molar-refractivity contribution in [3.63, 3.8) is 0 Å². The first-order valence-electron chi connectivity index (χ1n) is 9.94. The fraction of sp³-hybridized carbons (Fsp3) is 0.304. The zero-order chi connectivity index (χ0) is 20.2. The van der Waals surface area contributed by atoms with E-state index in [2.05, 4.69) is 34.3 Å². The van der Waals surface area contributed by atoms with Crippen LogP contribution in [0.3, 0.4) is 0 Å². The van der Waals surface area contributed by atoms with Crippen molar-refractivity contribution in [1.29, 1.82) is 0 Å². The summed E-state index contributed by atoms with van der Waals surface area (Å²) in [5.74, 6) is 1.54. The SMILES string of the molecule is Cc1ccc(-c2cc(C(=O)N3CCN(C/C=C/c4ccccc4)CC3)n(C)n2)o1. The number of benzene rings is 1. The average Bonchev–Trinajstić information content (AvgIpc) is 3.34. The largest absolute Gasteiger partial charge is 0.460 e. The molecule has 29 heavy (non-hydrogen) atoms. The monoisotopic (exact) mass is 390 g/mol. The number of rotatable bonds is 5. The maximum Gasteiger partial charge on any atom is 0.272 e. The van der Waals surface area contributed by atoms with E-state index in [1.54, 1.807) is 11.7 Å². The number of hydrogen-bond donors (Lipinski definition) is 0. The summed E-state index contributed by atoms with van der Waals surface area (Å²) >= 11 is 0. The van der Waals surface area contributed by atoms with Gasteiger partial charge in [0.25, 0.3) is 5.91 Å². The van der Waals surface area contributed by atoms with Crippen LogP contribution in [-0.4, -0.2) is 58.2 Å². The molecular weight excluding hydrogens is 364 g/mol. The maximum absolute atomic E-state index is 13.0. The Bertz CT molecular complexity index is 995. The van der Waals surface area contributed by atoms with Gasteiger partial charge in [0.2, 0.25) is 0 Å². The number of furan rings is 1. The fourth-order valence-electron chi connectivity index (χ4n) is 3.56. The third-order valence-corrected chi connectivity index (χ3v) is 5.22. The van der Waals surface area contributed by atoms with Crippen LogP contribution >= 0.6 is 0 Å². The number of aromatic nitrogens is 2. The van der Waals surface area contributed by atoms with Gasteiger partial charge in [0.05, 0.1) is 0 Å². The van der Waals surface area contributed by atoms with E-state index in [9.17, 15) is 4.79 Å². The van der Waals surface area contributed by atoms with Crippen molar-refractivity contribution in [2.75, 3.05) is 32.7 Å². The van der Waals surface area contributed by atoms with Gasteiger partial charge >= 0.3 is 0 Å². The smallest absolute Gasteiger partial charge is 0.272 e. The van der Waals surface area contributed by atoms with E-state index in [0.29, 0.717) is 17.1 Å². The van der Waals surface area contributed by atoms with Crippen LogP contribution in [0.5, 0.6) is 0 Å². The number of aryl methyl sites for hydroxylation is 2. The Balaban J connectivity index is 1.33. The lowest BCUT2D eigenvalue weighted by Crippen LogP contribution is -2.48. The number of nitrogens with zero attached hydrogens (tertiary/aromatic N) is 4. The Hall–Kier alpha value is -3.12. The molecule has 0 radical (unpaired) electrons. The number of piperazine rings is 1. The molecule has 0 aliphatic carbocycles. The first-order valence-corrected chi connectivity index (χ1v) is 9.94. The molecule has 1 amide bonds. The molecule has 150 valence electrons. The topological polar surface area (TPSA) is 54.5 Å². The van der Waals surface area contributed by atoms with Gasteiger partial charge in [-0.05, 0) is 24.6 Å². The highest BCUT2D eigenvalue weighted by Crippen LogP contribution is 2.22. The van der Waals surface area contributed by atoms with E-state index in [-0.39, 0.29) is 5.91 Å². The van der Waals surface area contributed by atoms with Crippen molar-refractivity contribution in [1.82, 2.24) is 19.6 Å². The van der Waals surface area contributed by atoms with Gasteiger partial charge in [0, 0.05) is 45.8 Å². The Morgan fingerprint density at radius 2 is 1.86 bits per heavy atom. The van der Waals surface area contributed by atoms with Crippen LogP contribution in [0.1, 0.15) is 21.8 Å². The fourth-order valence-corrected chi connectivity index (χ4v) is 3.56. The molecule has 6 heteroatoms. The molecule has 0 bridgehead atoms. The lowest BCUT2D eigenvalue weighted by Gasteiger charge is -2.34. The first-order chi connectivity index (χ1) is 14.1. The van der Waals surface area contributed by atoms with Gasteiger partial charge in [-0.15, -0.1) is 0 Å². The molecule has 3 heterocycles. The van der Waals surface area contributed by atoms with Crippen molar-refractivity contribution in [2.24, 2.45) is 7.05 Å². The molecule has 0 spiro atoms. The Labute approximate surface area is 171 Å². The lowest BCUT2D eigenvalue weighted by atomic mass is 10.2. The van der Waals surface area contributed by atoms with Crippen LogP contribution in [0.4, 0.5) is 0 Å². The minimum atomic E-state index is 0.0222. The van der Waals surface area contributed by atoms with E-state index in [1.807, 2.05) is 48.2 Å². The number of carbonyl (C=O) groups is 1. The van der Waals surface area contributed by atoms with Gasteiger partial charge in [-0.2, -0.15) is 5.10 Å². The molecule has 1 aliphatic rings. The molecule has 2 aromatic heterocycles. The Kier molecular flexibility index (Phi) is 5.62. The van der Waals surface area contributed by atoms with Crippen molar-refractivity contribution >= 4 is 12.0 Å². The Morgan fingerprint density at radius 1 is 1.10 bits per heavy atom. The summed E-state index contributed by atoms with van der Waals surface area (Å²) in [6.07, 6.45) is 4.33.